The van der Waals surface area contributed by atoms with Gasteiger partial charge in [0.1, 0.15) is 11.5 Å². The van der Waals surface area contributed by atoms with Crippen LogP contribution in [0.2, 0.25) is 0 Å². The number of benzene rings is 1. The smallest absolute Gasteiger partial charge is 0.257 e. The van der Waals surface area contributed by atoms with Crippen molar-refractivity contribution < 1.29 is 14.3 Å². The largest absolute Gasteiger partial charge is 0.497 e. The van der Waals surface area contributed by atoms with Gasteiger partial charge in [-0.25, -0.2) is 0 Å². The van der Waals surface area contributed by atoms with Gasteiger partial charge >= 0.3 is 0 Å². The third-order valence-corrected chi connectivity index (χ3v) is 1.99. The fraction of sp³-hybridized carbons (Fsp3) is 0.333. The average Bonchev–Trinajstić information content (AvgIpc) is 2.36. The summed E-state index contributed by atoms with van der Waals surface area (Å²) in [6.45, 7) is 2.31. The molecule has 0 atom stereocenters. The third kappa shape index (κ3) is 4.03. The van der Waals surface area contributed by atoms with Gasteiger partial charge in [0.05, 0.1) is 18.7 Å². The highest BCUT2D eigenvalue weighted by Gasteiger charge is 2.04. The van der Waals surface area contributed by atoms with Gasteiger partial charge in [0.15, 0.2) is 6.61 Å². The van der Waals surface area contributed by atoms with Gasteiger partial charge < -0.3 is 14.8 Å². The minimum Gasteiger partial charge on any atom is -0.497 e. The van der Waals surface area contributed by atoms with Crippen molar-refractivity contribution in [3.63, 3.8) is 0 Å². The molecule has 0 spiro atoms. The van der Waals surface area contributed by atoms with E-state index in [-0.39, 0.29) is 12.5 Å². The van der Waals surface area contributed by atoms with Gasteiger partial charge in [-0.3, -0.25) is 4.79 Å². The molecule has 0 heterocycles. The van der Waals surface area contributed by atoms with E-state index in [1.165, 1.54) is 7.11 Å². The van der Waals surface area contributed by atoms with E-state index < -0.39 is 0 Å². The van der Waals surface area contributed by atoms with E-state index in [0.717, 1.165) is 0 Å². The number of carbonyl (C=O) groups is 1. The molecule has 5 heteroatoms. The summed E-state index contributed by atoms with van der Waals surface area (Å²) in [7, 11) is 1.50. The molecule has 0 aliphatic carbocycles. The monoisotopic (exact) mass is 234 g/mol. The number of nitrogens with one attached hydrogen (secondary N) is 1. The first-order valence-electron chi connectivity index (χ1n) is 5.18. The molecule has 1 aromatic carbocycles. The molecule has 0 aromatic heterocycles. The summed E-state index contributed by atoms with van der Waals surface area (Å²) in [4.78, 5) is 11.2. The maximum absolute atomic E-state index is 11.2. The zero-order valence-corrected chi connectivity index (χ0v) is 9.82. The number of hydrogen-bond acceptors (Lipinski definition) is 4. The van der Waals surface area contributed by atoms with Gasteiger partial charge in [0.25, 0.3) is 5.91 Å². The lowest BCUT2D eigenvalue weighted by molar-refractivity contribution is -0.122. The van der Waals surface area contributed by atoms with E-state index in [4.69, 9.17) is 14.7 Å². The Morgan fingerprint density at radius 2 is 2.12 bits per heavy atom. The van der Waals surface area contributed by atoms with Crippen molar-refractivity contribution in [1.82, 2.24) is 5.32 Å². The number of amides is 1. The van der Waals surface area contributed by atoms with Gasteiger partial charge in [-0.1, -0.05) is 0 Å². The highest BCUT2D eigenvalue weighted by Crippen LogP contribution is 2.22. The second-order valence-electron chi connectivity index (χ2n) is 3.25. The number of hydrogen-bond donors (Lipinski definition) is 1. The number of methoxy groups -OCH3 is 1. The summed E-state index contributed by atoms with van der Waals surface area (Å²) in [6, 6.07) is 6.77. The molecular weight excluding hydrogens is 220 g/mol. The van der Waals surface area contributed by atoms with Crippen molar-refractivity contribution >= 4 is 5.91 Å². The molecule has 0 radical (unpaired) electrons. The first-order valence-corrected chi connectivity index (χ1v) is 5.18. The molecule has 1 rings (SSSR count). The van der Waals surface area contributed by atoms with Crippen LogP contribution in [0.15, 0.2) is 18.2 Å². The molecule has 17 heavy (non-hydrogen) atoms. The first kappa shape index (κ1) is 12.8. The summed E-state index contributed by atoms with van der Waals surface area (Å²) in [5.74, 6) is 0.760. The van der Waals surface area contributed by atoms with Crippen LogP contribution in [0.4, 0.5) is 0 Å². The fourth-order valence-electron chi connectivity index (χ4n) is 1.23. The molecule has 0 bridgehead atoms. The van der Waals surface area contributed by atoms with Crippen LogP contribution in [0, 0.1) is 11.3 Å². The van der Waals surface area contributed by atoms with E-state index in [9.17, 15) is 4.79 Å². The van der Waals surface area contributed by atoms with E-state index in [1.807, 2.05) is 13.0 Å². The van der Waals surface area contributed by atoms with Gasteiger partial charge in [-0.15, -0.1) is 0 Å². The van der Waals surface area contributed by atoms with E-state index in [0.29, 0.717) is 23.6 Å². The number of carbonyl (C=O) groups excluding carboxylic acids is 1. The molecule has 1 amide bonds. The molecule has 0 fully saturated rings. The van der Waals surface area contributed by atoms with Crippen LogP contribution >= 0.6 is 0 Å². The Labute approximate surface area is 100.0 Å². The van der Waals surface area contributed by atoms with Crippen molar-refractivity contribution in [1.29, 1.82) is 5.26 Å². The second kappa shape index (κ2) is 6.38. The zero-order valence-electron chi connectivity index (χ0n) is 9.82. The van der Waals surface area contributed by atoms with Gasteiger partial charge in [0, 0.05) is 12.6 Å². The number of nitriles is 1. The minimum absolute atomic E-state index is 0.0775. The molecule has 0 aliphatic rings. The Morgan fingerprint density at radius 3 is 2.71 bits per heavy atom. The number of nitrogens with zero attached hydrogens (tertiary/aromatic N) is 1. The summed E-state index contributed by atoms with van der Waals surface area (Å²) in [5, 5.41) is 11.4. The molecular formula is C12H14N2O3. The van der Waals surface area contributed by atoms with Crippen LogP contribution in [0.25, 0.3) is 0 Å². The van der Waals surface area contributed by atoms with Crippen LogP contribution in [0.5, 0.6) is 11.5 Å². The van der Waals surface area contributed by atoms with E-state index in [2.05, 4.69) is 5.32 Å². The lowest BCUT2D eigenvalue weighted by atomic mass is 10.2. The molecule has 1 aromatic rings. The SMILES string of the molecule is CCNC(=O)COc1cc(C#N)cc(OC)c1. The first-order chi connectivity index (χ1) is 8.19. The maximum atomic E-state index is 11.2. The standard InChI is InChI=1S/C12H14N2O3/c1-3-14-12(15)8-17-11-5-9(7-13)4-10(6-11)16-2/h4-6H,3,8H2,1-2H3,(H,14,15). The second-order valence-corrected chi connectivity index (χ2v) is 3.25. The molecule has 1 N–H and O–H groups in total. The van der Waals surface area contributed by atoms with Crippen LogP contribution in [-0.2, 0) is 4.79 Å². The van der Waals surface area contributed by atoms with Gasteiger partial charge in [0.2, 0.25) is 0 Å². The Hall–Kier alpha value is -2.22. The Bertz CT molecular complexity index is 438. The van der Waals surface area contributed by atoms with Gasteiger partial charge in [-0.05, 0) is 19.1 Å². The van der Waals surface area contributed by atoms with Crippen molar-refractivity contribution in [3.8, 4) is 17.6 Å². The van der Waals surface area contributed by atoms with Crippen LogP contribution in [-0.4, -0.2) is 26.2 Å². The van der Waals surface area contributed by atoms with Gasteiger partial charge in [-0.2, -0.15) is 5.26 Å². The summed E-state index contributed by atoms with van der Waals surface area (Å²) < 4.78 is 10.3. The molecule has 90 valence electrons. The Balaban J connectivity index is 2.71. The molecule has 0 saturated carbocycles. The van der Waals surface area contributed by atoms with E-state index in [1.54, 1.807) is 18.2 Å². The van der Waals surface area contributed by atoms with Crippen LogP contribution in [0.1, 0.15) is 12.5 Å². The van der Waals surface area contributed by atoms with E-state index >= 15 is 0 Å². The highest BCUT2D eigenvalue weighted by molar-refractivity contribution is 5.77. The summed E-state index contributed by atoms with van der Waals surface area (Å²) >= 11 is 0. The van der Waals surface area contributed by atoms with Crippen LogP contribution in [0.3, 0.4) is 0 Å². The fourth-order valence-corrected chi connectivity index (χ4v) is 1.23. The predicted octanol–water partition coefficient (Wildman–Crippen LogP) is 1.08. The number of likely N-dealkylation sites (N-methyl/N-ethyl adjacent to an activating group) is 1. The molecule has 0 saturated heterocycles. The summed E-state index contributed by atoms with van der Waals surface area (Å²) in [5.41, 5.74) is 0.426. The summed E-state index contributed by atoms with van der Waals surface area (Å²) in [6.07, 6.45) is 0. The highest BCUT2D eigenvalue weighted by atomic mass is 16.5. The zero-order chi connectivity index (χ0) is 12.7. The maximum Gasteiger partial charge on any atom is 0.257 e. The average molecular weight is 234 g/mol. The molecule has 5 nitrogen and oxygen atoms in total. The Morgan fingerprint density at radius 1 is 1.41 bits per heavy atom. The normalized spacial score (nSPS) is 9.24. The molecule has 0 unspecified atom stereocenters. The Kier molecular flexibility index (Phi) is 4.82. The number of rotatable bonds is 5. The number of ether oxygens (including phenoxy) is 2. The van der Waals surface area contributed by atoms with Crippen molar-refractivity contribution in [3.05, 3.63) is 23.8 Å². The third-order valence-electron chi connectivity index (χ3n) is 1.99. The quantitative estimate of drug-likeness (QED) is 0.827. The topological polar surface area (TPSA) is 71.3 Å². The van der Waals surface area contributed by atoms with Crippen molar-refractivity contribution in [2.24, 2.45) is 0 Å². The minimum atomic E-state index is -0.200. The molecule has 0 aliphatic heterocycles. The lowest BCUT2D eigenvalue weighted by Gasteiger charge is -2.08. The van der Waals surface area contributed by atoms with Crippen LogP contribution < -0.4 is 14.8 Å². The predicted molar refractivity (Wildman–Crippen MR) is 61.9 cm³/mol. The van der Waals surface area contributed by atoms with Crippen molar-refractivity contribution in [2.45, 2.75) is 6.92 Å². The van der Waals surface area contributed by atoms with Crippen molar-refractivity contribution in [2.75, 3.05) is 20.3 Å². The lowest BCUT2D eigenvalue weighted by Crippen LogP contribution is -2.28.